The van der Waals surface area contributed by atoms with Crippen molar-refractivity contribution in [3.63, 3.8) is 0 Å². The highest BCUT2D eigenvalue weighted by atomic mass is 32.1. The fourth-order valence-corrected chi connectivity index (χ4v) is 3.44. The van der Waals surface area contributed by atoms with Crippen LogP contribution < -0.4 is 5.73 Å². The SMILES string of the molecule is Cc1ccc(-c2sc(C(=O)O)c(N)c2C(C)C)c(F)c1. The molecular formula is C15H16FNO2S. The molecule has 0 aliphatic rings. The molecule has 1 heterocycles. The van der Waals surface area contributed by atoms with Crippen LogP contribution in [0.2, 0.25) is 0 Å². The fourth-order valence-electron chi connectivity index (χ4n) is 2.19. The predicted molar refractivity (Wildman–Crippen MR) is 79.9 cm³/mol. The summed E-state index contributed by atoms with van der Waals surface area (Å²) in [4.78, 5) is 11.9. The lowest BCUT2D eigenvalue weighted by Crippen LogP contribution is -2.01. The van der Waals surface area contributed by atoms with Gasteiger partial charge in [-0.1, -0.05) is 26.0 Å². The standard InChI is InChI=1S/C15H16FNO2S/c1-7(2)11-12(17)14(15(18)19)20-13(11)9-5-4-8(3)6-10(9)16/h4-7H,17H2,1-3H3,(H,18,19). The van der Waals surface area contributed by atoms with Gasteiger partial charge in [0.05, 0.1) is 5.69 Å². The molecule has 0 aliphatic heterocycles. The van der Waals surface area contributed by atoms with E-state index in [1.165, 1.54) is 6.07 Å². The van der Waals surface area contributed by atoms with Crippen LogP contribution in [0.25, 0.3) is 10.4 Å². The number of anilines is 1. The van der Waals surface area contributed by atoms with Crippen LogP contribution in [-0.4, -0.2) is 11.1 Å². The number of carboxylic acids is 1. The summed E-state index contributed by atoms with van der Waals surface area (Å²) in [5, 5.41) is 9.18. The highest BCUT2D eigenvalue weighted by molar-refractivity contribution is 7.18. The Morgan fingerprint density at radius 1 is 1.40 bits per heavy atom. The van der Waals surface area contributed by atoms with E-state index in [1.54, 1.807) is 12.1 Å². The summed E-state index contributed by atoms with van der Waals surface area (Å²) in [5.41, 5.74) is 8.10. The van der Waals surface area contributed by atoms with E-state index in [4.69, 9.17) is 5.73 Å². The lowest BCUT2D eigenvalue weighted by Gasteiger charge is -2.10. The van der Waals surface area contributed by atoms with Gasteiger partial charge in [-0.25, -0.2) is 9.18 Å². The highest BCUT2D eigenvalue weighted by Gasteiger charge is 2.24. The van der Waals surface area contributed by atoms with Gasteiger partial charge in [-0.05, 0) is 30.0 Å². The quantitative estimate of drug-likeness (QED) is 0.888. The minimum absolute atomic E-state index is 0.0232. The van der Waals surface area contributed by atoms with Crippen LogP contribution in [0.3, 0.4) is 0 Å². The Labute approximate surface area is 120 Å². The Hall–Kier alpha value is -1.88. The number of thiophene rings is 1. The first-order chi connectivity index (χ1) is 9.32. The van der Waals surface area contributed by atoms with E-state index in [9.17, 15) is 14.3 Å². The van der Waals surface area contributed by atoms with Crippen LogP contribution >= 0.6 is 11.3 Å². The van der Waals surface area contributed by atoms with Crippen molar-refractivity contribution in [2.45, 2.75) is 26.7 Å². The second kappa shape index (κ2) is 5.25. The van der Waals surface area contributed by atoms with E-state index < -0.39 is 5.97 Å². The van der Waals surface area contributed by atoms with Crippen LogP contribution in [0.15, 0.2) is 18.2 Å². The molecule has 106 valence electrons. The van der Waals surface area contributed by atoms with Crippen molar-refractivity contribution >= 4 is 23.0 Å². The second-order valence-corrected chi connectivity index (χ2v) is 6.05. The number of carboxylic acid groups (broad SMARTS) is 1. The molecule has 0 amide bonds. The molecule has 0 saturated carbocycles. The second-order valence-electron chi connectivity index (χ2n) is 5.03. The monoisotopic (exact) mass is 293 g/mol. The van der Waals surface area contributed by atoms with E-state index in [0.29, 0.717) is 16.0 Å². The van der Waals surface area contributed by atoms with Gasteiger partial charge < -0.3 is 10.8 Å². The van der Waals surface area contributed by atoms with E-state index in [1.807, 2.05) is 20.8 Å². The zero-order valence-corrected chi connectivity index (χ0v) is 12.3. The number of halogens is 1. The van der Waals surface area contributed by atoms with Crippen molar-refractivity contribution in [3.8, 4) is 10.4 Å². The maximum absolute atomic E-state index is 14.1. The minimum Gasteiger partial charge on any atom is -0.477 e. The molecule has 0 saturated heterocycles. The largest absolute Gasteiger partial charge is 0.477 e. The Bertz CT molecular complexity index is 677. The predicted octanol–water partition coefficient (Wildman–Crippen LogP) is 4.27. The Balaban J connectivity index is 2.73. The zero-order chi connectivity index (χ0) is 15.0. The van der Waals surface area contributed by atoms with Gasteiger partial charge in [0.2, 0.25) is 0 Å². The number of hydrogen-bond acceptors (Lipinski definition) is 3. The first kappa shape index (κ1) is 14.5. The highest BCUT2D eigenvalue weighted by Crippen LogP contribution is 2.43. The van der Waals surface area contributed by atoms with Gasteiger partial charge in [0.1, 0.15) is 10.7 Å². The molecule has 0 atom stereocenters. The number of nitrogens with two attached hydrogens (primary N) is 1. The Morgan fingerprint density at radius 2 is 2.05 bits per heavy atom. The average molecular weight is 293 g/mol. The molecule has 20 heavy (non-hydrogen) atoms. The summed E-state index contributed by atoms with van der Waals surface area (Å²) in [7, 11) is 0. The first-order valence-corrected chi connectivity index (χ1v) is 7.06. The van der Waals surface area contributed by atoms with Gasteiger partial charge in [-0.2, -0.15) is 0 Å². The van der Waals surface area contributed by atoms with Gasteiger partial charge in [0, 0.05) is 10.4 Å². The molecule has 0 unspecified atom stereocenters. The van der Waals surface area contributed by atoms with E-state index >= 15 is 0 Å². The number of hydrogen-bond donors (Lipinski definition) is 2. The van der Waals surface area contributed by atoms with Crippen molar-refractivity contribution in [1.82, 2.24) is 0 Å². The molecule has 5 heteroatoms. The maximum atomic E-state index is 14.1. The Kier molecular flexibility index (Phi) is 3.81. The van der Waals surface area contributed by atoms with Crippen LogP contribution in [0, 0.1) is 12.7 Å². The van der Waals surface area contributed by atoms with Crippen molar-refractivity contribution in [3.05, 3.63) is 40.0 Å². The normalized spacial score (nSPS) is 11.1. The third-order valence-electron chi connectivity index (χ3n) is 3.12. The molecule has 2 rings (SSSR count). The third-order valence-corrected chi connectivity index (χ3v) is 4.37. The molecule has 0 radical (unpaired) electrons. The van der Waals surface area contributed by atoms with Crippen molar-refractivity contribution < 1.29 is 14.3 Å². The minimum atomic E-state index is -1.08. The molecule has 1 aromatic carbocycles. The van der Waals surface area contributed by atoms with Crippen molar-refractivity contribution in [2.24, 2.45) is 0 Å². The summed E-state index contributed by atoms with van der Waals surface area (Å²) >= 11 is 1.03. The Morgan fingerprint density at radius 3 is 2.55 bits per heavy atom. The van der Waals surface area contributed by atoms with Crippen LogP contribution in [0.1, 0.15) is 40.6 Å². The molecule has 3 nitrogen and oxygen atoms in total. The van der Waals surface area contributed by atoms with Gasteiger partial charge in [-0.3, -0.25) is 0 Å². The fraction of sp³-hybridized carbons (Fsp3) is 0.267. The van der Waals surface area contributed by atoms with Gasteiger partial charge >= 0.3 is 5.97 Å². The summed E-state index contributed by atoms with van der Waals surface area (Å²) in [6.07, 6.45) is 0. The van der Waals surface area contributed by atoms with Gasteiger partial charge in [-0.15, -0.1) is 11.3 Å². The average Bonchev–Trinajstić information content (AvgIpc) is 2.66. The lowest BCUT2D eigenvalue weighted by molar-refractivity contribution is 0.0703. The number of carbonyl (C=O) groups is 1. The molecule has 0 spiro atoms. The summed E-state index contributed by atoms with van der Waals surface area (Å²) < 4.78 is 14.1. The van der Waals surface area contributed by atoms with E-state index in [-0.39, 0.29) is 22.3 Å². The molecule has 3 N–H and O–H groups in total. The molecular weight excluding hydrogens is 277 g/mol. The maximum Gasteiger partial charge on any atom is 0.348 e. The summed E-state index contributed by atoms with van der Waals surface area (Å²) in [6.45, 7) is 5.64. The van der Waals surface area contributed by atoms with Crippen LogP contribution in [0.5, 0.6) is 0 Å². The van der Waals surface area contributed by atoms with E-state index in [2.05, 4.69) is 0 Å². The zero-order valence-electron chi connectivity index (χ0n) is 11.5. The molecule has 0 bridgehead atoms. The van der Waals surface area contributed by atoms with Crippen LogP contribution in [-0.2, 0) is 0 Å². The lowest BCUT2D eigenvalue weighted by atomic mass is 9.97. The molecule has 0 fully saturated rings. The molecule has 2 aromatic rings. The van der Waals surface area contributed by atoms with Crippen LogP contribution in [0.4, 0.5) is 10.1 Å². The molecule has 1 aromatic heterocycles. The van der Waals surface area contributed by atoms with Gasteiger partial charge in [0.15, 0.2) is 0 Å². The first-order valence-electron chi connectivity index (χ1n) is 6.25. The third kappa shape index (κ3) is 2.41. The van der Waals surface area contributed by atoms with Gasteiger partial charge in [0.25, 0.3) is 0 Å². The summed E-state index contributed by atoms with van der Waals surface area (Å²) in [5.74, 6) is -1.41. The van der Waals surface area contributed by atoms with E-state index in [0.717, 1.165) is 16.9 Å². The molecule has 0 aliphatic carbocycles. The number of nitrogen functional groups attached to an aromatic ring is 1. The number of benzene rings is 1. The van der Waals surface area contributed by atoms with Crippen molar-refractivity contribution in [2.75, 3.05) is 5.73 Å². The number of aryl methyl sites for hydroxylation is 1. The smallest absolute Gasteiger partial charge is 0.348 e. The topological polar surface area (TPSA) is 63.3 Å². The summed E-state index contributed by atoms with van der Waals surface area (Å²) in [6, 6.07) is 4.92. The number of rotatable bonds is 3. The number of aromatic carboxylic acids is 1. The van der Waals surface area contributed by atoms with Crippen molar-refractivity contribution in [1.29, 1.82) is 0 Å².